The standard InChI is InChI=1S/C20H21NO2/c1-2-6-18(22)20-17(9-5-10-19(20)23)21-16-12-11-14-7-3-4-8-15(14)13-16/h3-4,7-8,11-13,22H,2,5-6,9-10H2,1H3/b20-18-,21-17?. The first-order chi connectivity index (χ1) is 11.2. The smallest absolute Gasteiger partial charge is 0.168 e. The Balaban J connectivity index is 2.03. The van der Waals surface area contributed by atoms with Gasteiger partial charge in [-0.1, -0.05) is 37.3 Å². The molecule has 118 valence electrons. The molecule has 0 atom stereocenters. The molecule has 3 rings (SSSR count). The van der Waals surface area contributed by atoms with Crippen LogP contribution >= 0.6 is 0 Å². The molecule has 0 saturated heterocycles. The van der Waals surface area contributed by atoms with Crippen molar-refractivity contribution in [3.05, 3.63) is 53.8 Å². The van der Waals surface area contributed by atoms with Gasteiger partial charge in [0, 0.05) is 12.8 Å². The summed E-state index contributed by atoms with van der Waals surface area (Å²) in [6.07, 6.45) is 3.37. The Morgan fingerprint density at radius 1 is 1.13 bits per heavy atom. The quantitative estimate of drug-likeness (QED) is 0.619. The molecule has 0 bridgehead atoms. The molecule has 23 heavy (non-hydrogen) atoms. The molecule has 3 nitrogen and oxygen atoms in total. The van der Waals surface area contributed by atoms with Crippen molar-refractivity contribution in [3.8, 4) is 0 Å². The zero-order valence-corrected chi connectivity index (χ0v) is 13.4. The van der Waals surface area contributed by atoms with Gasteiger partial charge < -0.3 is 5.11 Å². The fraction of sp³-hybridized carbons (Fsp3) is 0.300. The van der Waals surface area contributed by atoms with Crippen molar-refractivity contribution < 1.29 is 9.90 Å². The molecule has 0 radical (unpaired) electrons. The summed E-state index contributed by atoms with van der Waals surface area (Å²) in [6, 6.07) is 14.2. The number of hydrogen-bond donors (Lipinski definition) is 1. The second-order valence-electron chi connectivity index (χ2n) is 5.94. The maximum Gasteiger partial charge on any atom is 0.168 e. The van der Waals surface area contributed by atoms with Gasteiger partial charge in [0.1, 0.15) is 5.76 Å². The highest BCUT2D eigenvalue weighted by atomic mass is 16.3. The van der Waals surface area contributed by atoms with Crippen LogP contribution in [0.15, 0.2) is 58.8 Å². The molecule has 1 saturated carbocycles. The van der Waals surface area contributed by atoms with Crippen LogP contribution in [-0.2, 0) is 4.79 Å². The van der Waals surface area contributed by atoms with Crippen molar-refractivity contribution in [2.24, 2.45) is 4.99 Å². The molecule has 1 N–H and O–H groups in total. The highest BCUT2D eigenvalue weighted by Gasteiger charge is 2.25. The molecular formula is C20H21NO2. The Kier molecular flexibility index (Phi) is 4.56. The highest BCUT2D eigenvalue weighted by Crippen LogP contribution is 2.27. The van der Waals surface area contributed by atoms with Gasteiger partial charge in [-0.2, -0.15) is 0 Å². The maximum atomic E-state index is 12.2. The lowest BCUT2D eigenvalue weighted by Crippen LogP contribution is -2.21. The molecule has 0 heterocycles. The lowest BCUT2D eigenvalue weighted by Gasteiger charge is -2.17. The number of carbonyl (C=O) groups excluding carboxylic acids is 1. The molecule has 0 aliphatic heterocycles. The second kappa shape index (κ2) is 6.78. The first-order valence-corrected chi connectivity index (χ1v) is 8.21. The number of benzene rings is 2. The van der Waals surface area contributed by atoms with E-state index in [1.807, 2.05) is 37.3 Å². The van der Waals surface area contributed by atoms with E-state index < -0.39 is 0 Å². The van der Waals surface area contributed by atoms with Crippen molar-refractivity contribution in [2.75, 3.05) is 0 Å². The van der Waals surface area contributed by atoms with Crippen LogP contribution in [0.1, 0.15) is 39.0 Å². The van der Waals surface area contributed by atoms with Gasteiger partial charge in [-0.05, 0) is 42.2 Å². The molecule has 2 aromatic rings. The first-order valence-electron chi connectivity index (χ1n) is 8.21. The van der Waals surface area contributed by atoms with E-state index in [-0.39, 0.29) is 11.5 Å². The second-order valence-corrected chi connectivity index (χ2v) is 5.94. The van der Waals surface area contributed by atoms with E-state index in [0.29, 0.717) is 18.4 Å². The van der Waals surface area contributed by atoms with E-state index >= 15 is 0 Å². The van der Waals surface area contributed by atoms with Gasteiger partial charge in [-0.3, -0.25) is 9.79 Å². The summed E-state index contributed by atoms with van der Waals surface area (Å²) in [7, 11) is 0. The Hall–Kier alpha value is -2.42. The summed E-state index contributed by atoms with van der Waals surface area (Å²) in [5.41, 5.74) is 2.00. The Morgan fingerprint density at radius 3 is 2.70 bits per heavy atom. The number of hydrogen-bond acceptors (Lipinski definition) is 3. The molecule has 3 heteroatoms. The van der Waals surface area contributed by atoms with Gasteiger partial charge in [0.15, 0.2) is 5.78 Å². The fourth-order valence-electron chi connectivity index (χ4n) is 3.03. The number of aliphatic hydroxyl groups is 1. The Bertz CT molecular complexity index is 802. The topological polar surface area (TPSA) is 49.7 Å². The van der Waals surface area contributed by atoms with Crippen molar-refractivity contribution in [3.63, 3.8) is 0 Å². The van der Waals surface area contributed by atoms with Crippen molar-refractivity contribution in [2.45, 2.75) is 39.0 Å². The number of aliphatic imine (C=N–C) groups is 1. The van der Waals surface area contributed by atoms with Crippen molar-refractivity contribution >= 4 is 28.0 Å². The monoisotopic (exact) mass is 307 g/mol. The normalized spacial score (nSPS) is 19.3. The zero-order valence-electron chi connectivity index (χ0n) is 13.4. The summed E-state index contributed by atoms with van der Waals surface area (Å²) in [5, 5.41) is 12.5. The molecule has 1 fully saturated rings. The molecule has 0 amide bonds. The number of nitrogens with zero attached hydrogens (tertiary/aromatic N) is 1. The predicted octanol–water partition coefficient (Wildman–Crippen LogP) is 5.28. The lowest BCUT2D eigenvalue weighted by molar-refractivity contribution is -0.115. The van der Waals surface area contributed by atoms with Crippen LogP contribution in [0.5, 0.6) is 0 Å². The van der Waals surface area contributed by atoms with Gasteiger partial charge in [0.05, 0.1) is 17.0 Å². The van der Waals surface area contributed by atoms with Crippen molar-refractivity contribution in [1.29, 1.82) is 0 Å². The summed E-state index contributed by atoms with van der Waals surface area (Å²) in [6.45, 7) is 1.99. The van der Waals surface area contributed by atoms with Crippen LogP contribution in [0, 0.1) is 0 Å². The third-order valence-corrected chi connectivity index (χ3v) is 4.16. The Morgan fingerprint density at radius 2 is 1.91 bits per heavy atom. The van der Waals surface area contributed by atoms with Crippen LogP contribution in [-0.4, -0.2) is 16.6 Å². The molecule has 2 aromatic carbocycles. The number of Topliss-reactive ketones (excluding diaryl/α,β-unsaturated/α-hetero) is 1. The number of aliphatic hydroxyl groups excluding tert-OH is 1. The van der Waals surface area contributed by atoms with E-state index in [1.54, 1.807) is 0 Å². The van der Waals surface area contributed by atoms with E-state index in [4.69, 9.17) is 0 Å². The summed E-state index contributed by atoms with van der Waals surface area (Å²) < 4.78 is 0. The molecule has 0 unspecified atom stereocenters. The van der Waals surface area contributed by atoms with Crippen LogP contribution in [0.25, 0.3) is 10.8 Å². The molecule has 1 aliphatic carbocycles. The highest BCUT2D eigenvalue weighted by molar-refractivity contribution is 6.24. The Labute approximate surface area is 136 Å². The van der Waals surface area contributed by atoms with Gasteiger partial charge in [-0.15, -0.1) is 0 Å². The summed E-state index contributed by atoms with van der Waals surface area (Å²) in [4.78, 5) is 16.9. The maximum absolute atomic E-state index is 12.2. The van der Waals surface area contributed by atoms with E-state index in [1.165, 1.54) is 5.39 Å². The van der Waals surface area contributed by atoms with E-state index in [2.05, 4.69) is 17.1 Å². The minimum Gasteiger partial charge on any atom is -0.511 e. The fourth-order valence-corrected chi connectivity index (χ4v) is 3.03. The molecule has 0 spiro atoms. The minimum atomic E-state index is 0.0155. The van der Waals surface area contributed by atoms with E-state index in [9.17, 15) is 9.90 Å². The number of ketones is 1. The van der Waals surface area contributed by atoms with Crippen molar-refractivity contribution in [1.82, 2.24) is 0 Å². The molecule has 0 aromatic heterocycles. The van der Waals surface area contributed by atoms with Gasteiger partial charge in [-0.25, -0.2) is 0 Å². The number of carbonyl (C=O) groups is 1. The SMILES string of the molecule is CCC/C(O)=C1/C(=O)CCCC1=Nc1ccc2ccccc2c1. The predicted molar refractivity (Wildman–Crippen MR) is 94.5 cm³/mol. The zero-order chi connectivity index (χ0) is 16.2. The van der Waals surface area contributed by atoms with E-state index in [0.717, 1.165) is 36.0 Å². The van der Waals surface area contributed by atoms with Crippen LogP contribution in [0.2, 0.25) is 0 Å². The third-order valence-electron chi connectivity index (χ3n) is 4.16. The first kappa shape index (κ1) is 15.5. The average Bonchev–Trinajstić information content (AvgIpc) is 2.55. The molecular weight excluding hydrogens is 286 g/mol. The van der Waals surface area contributed by atoms with Gasteiger partial charge in [0.25, 0.3) is 0 Å². The summed E-state index contributed by atoms with van der Waals surface area (Å²) in [5.74, 6) is 0.207. The summed E-state index contributed by atoms with van der Waals surface area (Å²) >= 11 is 0. The molecule has 1 aliphatic rings. The van der Waals surface area contributed by atoms with Crippen LogP contribution in [0.3, 0.4) is 0 Å². The minimum absolute atomic E-state index is 0.0155. The number of fused-ring (bicyclic) bond motifs is 1. The lowest BCUT2D eigenvalue weighted by atomic mass is 9.89. The number of allylic oxidation sites excluding steroid dienone is 2. The van der Waals surface area contributed by atoms with Crippen LogP contribution < -0.4 is 0 Å². The third kappa shape index (κ3) is 3.34. The average molecular weight is 307 g/mol. The van der Waals surface area contributed by atoms with Gasteiger partial charge >= 0.3 is 0 Å². The largest absolute Gasteiger partial charge is 0.511 e. The van der Waals surface area contributed by atoms with Gasteiger partial charge in [0.2, 0.25) is 0 Å². The van der Waals surface area contributed by atoms with Crippen LogP contribution in [0.4, 0.5) is 5.69 Å². The number of rotatable bonds is 3.